The third kappa shape index (κ3) is 5.18. The molecular weight excluding hydrogens is 224 g/mol. The molecule has 0 unspecified atom stereocenters. The van der Waals surface area contributed by atoms with E-state index < -0.39 is 0 Å². The molecule has 1 aromatic rings. The molecule has 0 atom stereocenters. The van der Waals surface area contributed by atoms with Gasteiger partial charge in [-0.05, 0) is 13.0 Å². The van der Waals surface area contributed by atoms with Crippen LogP contribution < -0.4 is 16.6 Å². The van der Waals surface area contributed by atoms with E-state index in [0.29, 0.717) is 11.2 Å². The van der Waals surface area contributed by atoms with Crippen LogP contribution >= 0.6 is 11.8 Å². The number of hydrogen-bond acceptors (Lipinski definition) is 5. The Kier molecular flexibility index (Phi) is 5.34. The average molecular weight is 242 g/mol. The number of hydrogen-bond donors (Lipinski definition) is 3. The Morgan fingerprint density at radius 2 is 2.38 bits per heavy atom. The van der Waals surface area contributed by atoms with Gasteiger partial charge in [0.15, 0.2) is 5.16 Å². The highest BCUT2D eigenvalue weighted by Gasteiger charge is 1.99. The van der Waals surface area contributed by atoms with E-state index >= 15 is 0 Å². The minimum atomic E-state index is -0.199. The van der Waals surface area contributed by atoms with Gasteiger partial charge in [-0.25, -0.2) is 4.98 Å². The molecule has 1 rings (SSSR count). The first kappa shape index (κ1) is 13.1. The van der Waals surface area contributed by atoms with Crippen molar-refractivity contribution in [1.29, 1.82) is 0 Å². The largest absolute Gasteiger partial charge is 0.383 e. The maximum Gasteiger partial charge on any atom is 0.253 e. The van der Waals surface area contributed by atoms with Gasteiger partial charge in [0.25, 0.3) is 5.56 Å². The van der Waals surface area contributed by atoms with E-state index in [1.807, 2.05) is 0 Å². The lowest BCUT2D eigenvalue weighted by Gasteiger charge is -2.07. The van der Waals surface area contributed by atoms with Crippen molar-refractivity contribution < 1.29 is 0 Å². The maximum atomic E-state index is 11.1. The molecule has 1 heterocycles. The Labute approximate surface area is 99.2 Å². The van der Waals surface area contributed by atoms with Crippen molar-refractivity contribution in [3.8, 4) is 0 Å². The highest BCUT2D eigenvalue weighted by molar-refractivity contribution is 7.99. The monoisotopic (exact) mass is 242 g/mol. The second-order valence-electron chi connectivity index (χ2n) is 3.79. The zero-order valence-electron chi connectivity index (χ0n) is 9.62. The summed E-state index contributed by atoms with van der Waals surface area (Å²) in [6.07, 6.45) is 1.03. The van der Waals surface area contributed by atoms with E-state index in [4.69, 9.17) is 5.73 Å². The number of rotatable bonds is 6. The number of nitrogen functional groups attached to an aromatic ring is 1. The van der Waals surface area contributed by atoms with Crippen LogP contribution in [-0.2, 0) is 0 Å². The lowest BCUT2D eigenvalue weighted by atomic mass is 10.4. The molecule has 0 spiro atoms. The number of nitrogens with two attached hydrogens (primary N) is 1. The van der Waals surface area contributed by atoms with Crippen molar-refractivity contribution in [2.24, 2.45) is 0 Å². The minimum absolute atomic E-state index is 0.199. The number of aromatic nitrogens is 2. The van der Waals surface area contributed by atoms with Gasteiger partial charge < -0.3 is 16.0 Å². The number of aromatic amines is 1. The Hall–Kier alpha value is -1.01. The molecule has 0 aromatic carbocycles. The Bertz CT molecular complexity index is 377. The first-order chi connectivity index (χ1) is 7.58. The molecule has 0 bridgehead atoms. The van der Waals surface area contributed by atoms with Gasteiger partial charge in [-0.15, -0.1) is 0 Å². The van der Waals surface area contributed by atoms with Crippen molar-refractivity contribution in [3.05, 3.63) is 16.4 Å². The molecule has 5 nitrogen and oxygen atoms in total. The van der Waals surface area contributed by atoms with E-state index in [1.54, 1.807) is 0 Å². The molecule has 0 fully saturated rings. The van der Waals surface area contributed by atoms with Crippen LogP contribution in [-0.4, -0.2) is 28.3 Å². The van der Waals surface area contributed by atoms with Gasteiger partial charge >= 0.3 is 0 Å². The molecule has 16 heavy (non-hydrogen) atoms. The number of H-pyrrole nitrogens is 1. The molecule has 4 N–H and O–H groups in total. The summed E-state index contributed by atoms with van der Waals surface area (Å²) >= 11 is 1.51. The van der Waals surface area contributed by atoms with E-state index in [0.717, 1.165) is 18.7 Å². The Morgan fingerprint density at radius 3 is 3.00 bits per heavy atom. The average Bonchev–Trinajstić information content (AvgIpc) is 2.15. The van der Waals surface area contributed by atoms with Crippen molar-refractivity contribution in [3.63, 3.8) is 0 Å². The summed E-state index contributed by atoms with van der Waals surface area (Å²) in [6.45, 7) is 5.20. The first-order valence-electron chi connectivity index (χ1n) is 5.31. The molecule has 90 valence electrons. The fourth-order valence-electron chi connectivity index (χ4n) is 1.15. The summed E-state index contributed by atoms with van der Waals surface area (Å²) in [7, 11) is 0. The van der Waals surface area contributed by atoms with E-state index in [2.05, 4.69) is 29.1 Å². The SMILES string of the molecule is CC(C)NCCCSc1nc(N)cc(=O)[nH]1. The van der Waals surface area contributed by atoms with Gasteiger partial charge in [0.1, 0.15) is 5.82 Å². The Balaban J connectivity index is 2.29. The van der Waals surface area contributed by atoms with Crippen LogP contribution in [0, 0.1) is 0 Å². The van der Waals surface area contributed by atoms with E-state index in [1.165, 1.54) is 17.8 Å². The zero-order chi connectivity index (χ0) is 12.0. The first-order valence-corrected chi connectivity index (χ1v) is 6.29. The maximum absolute atomic E-state index is 11.1. The molecule has 0 aliphatic heterocycles. The predicted octanol–water partition coefficient (Wildman–Crippen LogP) is 0.832. The van der Waals surface area contributed by atoms with Crippen LogP contribution in [0.2, 0.25) is 0 Å². The smallest absolute Gasteiger partial charge is 0.253 e. The fraction of sp³-hybridized carbons (Fsp3) is 0.600. The second kappa shape index (κ2) is 6.55. The minimum Gasteiger partial charge on any atom is -0.383 e. The molecule has 6 heteroatoms. The molecule has 0 amide bonds. The summed E-state index contributed by atoms with van der Waals surface area (Å²) in [5.74, 6) is 1.18. The summed E-state index contributed by atoms with van der Waals surface area (Å²) in [6, 6.07) is 1.79. The summed E-state index contributed by atoms with van der Waals surface area (Å²) in [5, 5.41) is 3.92. The van der Waals surface area contributed by atoms with E-state index in [9.17, 15) is 4.79 Å². The molecule has 0 saturated carbocycles. The zero-order valence-corrected chi connectivity index (χ0v) is 10.4. The highest BCUT2D eigenvalue weighted by atomic mass is 32.2. The van der Waals surface area contributed by atoms with Gasteiger partial charge in [-0.2, -0.15) is 0 Å². The van der Waals surface area contributed by atoms with Gasteiger partial charge in [-0.1, -0.05) is 25.6 Å². The predicted molar refractivity (Wildman–Crippen MR) is 67.7 cm³/mol. The van der Waals surface area contributed by atoms with Crippen LogP contribution in [0.4, 0.5) is 5.82 Å². The van der Waals surface area contributed by atoms with Crippen molar-refractivity contribution in [2.45, 2.75) is 31.5 Å². The highest BCUT2D eigenvalue weighted by Crippen LogP contribution is 2.12. The van der Waals surface area contributed by atoms with Gasteiger partial charge in [0.2, 0.25) is 0 Å². The topological polar surface area (TPSA) is 83.8 Å². The van der Waals surface area contributed by atoms with Crippen LogP contribution in [0.5, 0.6) is 0 Å². The van der Waals surface area contributed by atoms with Gasteiger partial charge in [0, 0.05) is 17.9 Å². The third-order valence-corrected chi connectivity index (χ3v) is 2.81. The summed E-state index contributed by atoms with van der Waals surface area (Å²) < 4.78 is 0. The van der Waals surface area contributed by atoms with E-state index in [-0.39, 0.29) is 11.4 Å². The van der Waals surface area contributed by atoms with Crippen LogP contribution in [0.15, 0.2) is 16.0 Å². The summed E-state index contributed by atoms with van der Waals surface area (Å²) in [4.78, 5) is 17.8. The molecule has 0 saturated heterocycles. The lowest BCUT2D eigenvalue weighted by Crippen LogP contribution is -2.23. The van der Waals surface area contributed by atoms with Crippen molar-refractivity contribution >= 4 is 17.6 Å². The number of thioether (sulfide) groups is 1. The number of nitrogens with one attached hydrogen (secondary N) is 2. The van der Waals surface area contributed by atoms with Crippen LogP contribution in [0.25, 0.3) is 0 Å². The van der Waals surface area contributed by atoms with Crippen molar-refractivity contribution in [1.82, 2.24) is 15.3 Å². The van der Waals surface area contributed by atoms with Crippen LogP contribution in [0.3, 0.4) is 0 Å². The quantitative estimate of drug-likeness (QED) is 0.391. The fourth-order valence-corrected chi connectivity index (χ4v) is 1.98. The normalized spacial score (nSPS) is 10.9. The number of anilines is 1. The molecular formula is C10H18N4OS. The molecule has 0 aliphatic carbocycles. The molecule has 0 aliphatic rings. The van der Waals surface area contributed by atoms with Crippen LogP contribution in [0.1, 0.15) is 20.3 Å². The molecule has 1 aromatic heterocycles. The standard InChI is InChI=1S/C10H18N4OS/c1-7(2)12-4-3-5-16-10-13-8(11)6-9(15)14-10/h6-7,12H,3-5H2,1-2H3,(H3,11,13,14,15). The summed E-state index contributed by atoms with van der Waals surface area (Å²) in [5.41, 5.74) is 5.27. The third-order valence-electron chi connectivity index (χ3n) is 1.85. The number of nitrogens with zero attached hydrogens (tertiary/aromatic N) is 1. The second-order valence-corrected chi connectivity index (χ2v) is 4.87. The Morgan fingerprint density at radius 1 is 1.62 bits per heavy atom. The molecule has 0 radical (unpaired) electrons. The van der Waals surface area contributed by atoms with Gasteiger partial charge in [0.05, 0.1) is 0 Å². The van der Waals surface area contributed by atoms with Crippen molar-refractivity contribution in [2.75, 3.05) is 18.0 Å². The van der Waals surface area contributed by atoms with Gasteiger partial charge in [-0.3, -0.25) is 4.79 Å². The lowest BCUT2D eigenvalue weighted by molar-refractivity contribution is 0.585.